The first-order chi connectivity index (χ1) is 9.76. The monoisotopic (exact) mass is 266 g/mol. The van der Waals surface area contributed by atoms with Crippen LogP contribution in [0.3, 0.4) is 0 Å². The summed E-state index contributed by atoms with van der Waals surface area (Å²) in [6.07, 6.45) is 3.60. The highest BCUT2D eigenvalue weighted by Crippen LogP contribution is 2.25. The second-order valence-corrected chi connectivity index (χ2v) is 4.36. The van der Waals surface area contributed by atoms with Gasteiger partial charge in [-0.1, -0.05) is 12.1 Å². The highest BCUT2D eigenvalue weighted by atomic mass is 15.3. The molecule has 0 saturated heterocycles. The molecule has 0 amide bonds. The van der Waals surface area contributed by atoms with Crippen molar-refractivity contribution in [2.24, 2.45) is 5.84 Å². The molecule has 20 heavy (non-hydrogen) atoms. The Morgan fingerprint density at radius 1 is 1.10 bits per heavy atom. The SMILES string of the molecule is Cc1nc(NN)cc(Nc2cccc3cnccc23)n1. The second kappa shape index (κ2) is 5.10. The number of anilines is 3. The van der Waals surface area contributed by atoms with Crippen LogP contribution >= 0.6 is 0 Å². The number of hydrazine groups is 1. The molecule has 6 heteroatoms. The Hall–Kier alpha value is -2.73. The first-order valence-electron chi connectivity index (χ1n) is 6.18. The van der Waals surface area contributed by atoms with E-state index in [4.69, 9.17) is 5.84 Å². The number of nitrogen functional groups attached to an aromatic ring is 1. The number of hydrogen-bond donors (Lipinski definition) is 3. The third-order valence-corrected chi connectivity index (χ3v) is 2.93. The summed E-state index contributed by atoms with van der Waals surface area (Å²) in [6.45, 7) is 1.82. The average molecular weight is 266 g/mol. The van der Waals surface area contributed by atoms with E-state index in [-0.39, 0.29) is 0 Å². The van der Waals surface area contributed by atoms with Crippen LogP contribution < -0.4 is 16.6 Å². The summed E-state index contributed by atoms with van der Waals surface area (Å²) in [4.78, 5) is 12.6. The molecule has 1 aromatic carbocycles. The summed E-state index contributed by atoms with van der Waals surface area (Å²) in [6, 6.07) is 9.71. The van der Waals surface area contributed by atoms with E-state index in [0.717, 1.165) is 16.5 Å². The third-order valence-electron chi connectivity index (χ3n) is 2.93. The van der Waals surface area contributed by atoms with Crippen molar-refractivity contribution in [1.29, 1.82) is 0 Å². The molecule has 100 valence electrons. The molecule has 0 radical (unpaired) electrons. The van der Waals surface area contributed by atoms with Gasteiger partial charge in [0.15, 0.2) is 0 Å². The Morgan fingerprint density at radius 2 is 1.95 bits per heavy atom. The van der Waals surface area contributed by atoms with E-state index in [2.05, 4.69) is 25.7 Å². The van der Waals surface area contributed by atoms with Crippen LogP contribution in [-0.4, -0.2) is 15.0 Å². The Kier molecular flexibility index (Phi) is 3.14. The molecule has 4 N–H and O–H groups in total. The minimum absolute atomic E-state index is 0.571. The number of nitrogens with one attached hydrogen (secondary N) is 2. The number of aromatic nitrogens is 3. The predicted octanol–water partition coefficient (Wildman–Crippen LogP) is 2.36. The number of fused-ring (bicyclic) bond motifs is 1. The number of nitrogens with zero attached hydrogens (tertiary/aromatic N) is 3. The normalized spacial score (nSPS) is 10.5. The number of pyridine rings is 1. The van der Waals surface area contributed by atoms with E-state index in [0.29, 0.717) is 17.5 Å². The van der Waals surface area contributed by atoms with Gasteiger partial charge in [-0.15, -0.1) is 0 Å². The van der Waals surface area contributed by atoms with Crippen molar-refractivity contribution in [3.63, 3.8) is 0 Å². The van der Waals surface area contributed by atoms with Gasteiger partial charge < -0.3 is 10.7 Å². The van der Waals surface area contributed by atoms with Crippen molar-refractivity contribution < 1.29 is 0 Å². The van der Waals surface area contributed by atoms with E-state index < -0.39 is 0 Å². The van der Waals surface area contributed by atoms with Crippen molar-refractivity contribution in [2.45, 2.75) is 6.92 Å². The Bertz CT molecular complexity index is 750. The van der Waals surface area contributed by atoms with Gasteiger partial charge in [0.1, 0.15) is 17.5 Å². The van der Waals surface area contributed by atoms with Gasteiger partial charge in [-0.25, -0.2) is 15.8 Å². The van der Waals surface area contributed by atoms with Crippen LogP contribution in [0.15, 0.2) is 42.7 Å². The molecule has 2 heterocycles. The topological polar surface area (TPSA) is 88.8 Å². The summed E-state index contributed by atoms with van der Waals surface area (Å²) in [5.41, 5.74) is 3.49. The van der Waals surface area contributed by atoms with E-state index in [1.54, 1.807) is 12.3 Å². The zero-order valence-corrected chi connectivity index (χ0v) is 11.0. The fourth-order valence-electron chi connectivity index (χ4n) is 2.08. The van der Waals surface area contributed by atoms with Crippen LogP contribution in [0.1, 0.15) is 5.82 Å². The van der Waals surface area contributed by atoms with Gasteiger partial charge in [0.2, 0.25) is 0 Å². The maximum atomic E-state index is 5.40. The number of nitrogens with two attached hydrogens (primary N) is 1. The largest absolute Gasteiger partial charge is 0.340 e. The van der Waals surface area contributed by atoms with Crippen LogP contribution in [0.5, 0.6) is 0 Å². The zero-order chi connectivity index (χ0) is 13.9. The van der Waals surface area contributed by atoms with Crippen molar-refractivity contribution in [3.8, 4) is 0 Å². The van der Waals surface area contributed by atoms with Crippen molar-refractivity contribution in [1.82, 2.24) is 15.0 Å². The van der Waals surface area contributed by atoms with Gasteiger partial charge in [-0.3, -0.25) is 4.98 Å². The second-order valence-electron chi connectivity index (χ2n) is 4.36. The molecule has 0 spiro atoms. The Labute approximate surface area is 116 Å². The molecule has 0 unspecified atom stereocenters. The fraction of sp³-hybridized carbons (Fsp3) is 0.0714. The molecule has 0 saturated carbocycles. The zero-order valence-electron chi connectivity index (χ0n) is 11.0. The van der Waals surface area contributed by atoms with E-state index >= 15 is 0 Å². The fourth-order valence-corrected chi connectivity index (χ4v) is 2.08. The first-order valence-corrected chi connectivity index (χ1v) is 6.18. The highest BCUT2D eigenvalue weighted by Gasteiger charge is 2.04. The lowest BCUT2D eigenvalue weighted by Gasteiger charge is -2.10. The molecule has 0 fully saturated rings. The smallest absolute Gasteiger partial charge is 0.145 e. The van der Waals surface area contributed by atoms with Crippen LogP contribution in [-0.2, 0) is 0 Å². The minimum Gasteiger partial charge on any atom is -0.340 e. The number of hydrogen-bond acceptors (Lipinski definition) is 6. The van der Waals surface area contributed by atoms with Crippen molar-refractivity contribution >= 4 is 28.1 Å². The van der Waals surface area contributed by atoms with Gasteiger partial charge in [-0.05, 0) is 19.1 Å². The quantitative estimate of drug-likeness (QED) is 0.498. The summed E-state index contributed by atoms with van der Waals surface area (Å²) in [5, 5.41) is 5.44. The van der Waals surface area contributed by atoms with E-state index in [1.165, 1.54) is 0 Å². The molecule has 3 aromatic rings. The molecule has 0 bridgehead atoms. The lowest BCUT2D eigenvalue weighted by molar-refractivity contribution is 1.05. The first kappa shape index (κ1) is 12.3. The van der Waals surface area contributed by atoms with Gasteiger partial charge in [0, 0.05) is 34.9 Å². The van der Waals surface area contributed by atoms with Crippen molar-refractivity contribution in [3.05, 3.63) is 48.5 Å². The van der Waals surface area contributed by atoms with Gasteiger partial charge in [0.05, 0.1) is 0 Å². The molecular formula is C14H14N6. The maximum absolute atomic E-state index is 5.40. The summed E-state index contributed by atoms with van der Waals surface area (Å²) in [7, 11) is 0. The van der Waals surface area contributed by atoms with Crippen molar-refractivity contribution in [2.75, 3.05) is 10.7 Å². The van der Waals surface area contributed by atoms with Crippen LogP contribution in [0.2, 0.25) is 0 Å². The van der Waals surface area contributed by atoms with Crippen LogP contribution in [0, 0.1) is 6.92 Å². The summed E-state index contributed by atoms with van der Waals surface area (Å²) in [5.74, 6) is 7.30. The van der Waals surface area contributed by atoms with E-state index in [1.807, 2.05) is 37.4 Å². The standard InChI is InChI=1S/C14H14N6/c1-9-17-13(7-14(18-9)20-15)19-12-4-2-3-10-8-16-6-5-11(10)12/h2-8H,15H2,1H3,(H2,17,18,19,20). The molecule has 2 aromatic heterocycles. The summed E-state index contributed by atoms with van der Waals surface area (Å²) < 4.78 is 0. The van der Waals surface area contributed by atoms with Gasteiger partial charge >= 0.3 is 0 Å². The Balaban J connectivity index is 2.03. The van der Waals surface area contributed by atoms with E-state index in [9.17, 15) is 0 Å². The molecule has 0 aliphatic carbocycles. The lowest BCUT2D eigenvalue weighted by Crippen LogP contribution is -2.10. The number of rotatable bonds is 3. The van der Waals surface area contributed by atoms with Crippen LogP contribution in [0.4, 0.5) is 17.3 Å². The minimum atomic E-state index is 0.571. The number of benzene rings is 1. The Morgan fingerprint density at radius 3 is 2.80 bits per heavy atom. The molecule has 6 nitrogen and oxygen atoms in total. The van der Waals surface area contributed by atoms with Crippen LogP contribution in [0.25, 0.3) is 10.8 Å². The summed E-state index contributed by atoms with van der Waals surface area (Å²) >= 11 is 0. The lowest BCUT2D eigenvalue weighted by atomic mass is 10.1. The van der Waals surface area contributed by atoms with Gasteiger partial charge in [-0.2, -0.15) is 0 Å². The molecule has 3 rings (SSSR count). The average Bonchev–Trinajstić information content (AvgIpc) is 2.47. The number of aryl methyl sites for hydroxylation is 1. The third kappa shape index (κ3) is 2.36. The molecule has 0 aliphatic heterocycles. The molecular weight excluding hydrogens is 252 g/mol. The molecule has 0 aliphatic rings. The maximum Gasteiger partial charge on any atom is 0.145 e. The highest BCUT2D eigenvalue weighted by molar-refractivity contribution is 5.94. The van der Waals surface area contributed by atoms with Gasteiger partial charge in [0.25, 0.3) is 0 Å². The molecule has 0 atom stereocenters. The predicted molar refractivity (Wildman–Crippen MR) is 79.6 cm³/mol.